The lowest BCUT2D eigenvalue weighted by atomic mass is 10.1. The van der Waals surface area contributed by atoms with E-state index in [9.17, 15) is 28.8 Å². The first-order valence-corrected chi connectivity index (χ1v) is 22.9. The highest BCUT2D eigenvalue weighted by Crippen LogP contribution is 2.48. The summed E-state index contributed by atoms with van der Waals surface area (Å²) >= 11 is 0. The van der Waals surface area contributed by atoms with Crippen LogP contribution < -0.4 is 42.3 Å². The molecular formula is C51H42N12O9. The van der Waals surface area contributed by atoms with Gasteiger partial charge in [0.1, 0.15) is 57.3 Å². The number of carbonyl (C=O) groups excluding carboxylic acids is 4. The number of aromatic nitrogens is 8. The van der Waals surface area contributed by atoms with Crippen molar-refractivity contribution >= 4 is 41.1 Å². The molecule has 1 fully saturated rings. The number of pyridine rings is 4. The summed E-state index contributed by atoms with van der Waals surface area (Å²) in [6.45, 7) is 1.47. The number of rotatable bonds is 14. The Morgan fingerprint density at radius 3 is 1.94 bits per heavy atom. The molecule has 0 radical (unpaired) electrons. The van der Waals surface area contributed by atoms with Gasteiger partial charge in [0.2, 0.25) is 5.91 Å². The van der Waals surface area contributed by atoms with Crippen molar-refractivity contribution in [3.8, 4) is 34.4 Å². The van der Waals surface area contributed by atoms with Crippen molar-refractivity contribution in [1.29, 1.82) is 0 Å². The Labute approximate surface area is 407 Å². The second kappa shape index (κ2) is 18.8. The minimum atomic E-state index is -0.696. The van der Waals surface area contributed by atoms with E-state index < -0.39 is 28.8 Å². The molecule has 21 heteroatoms. The maximum absolute atomic E-state index is 14.1. The number of nitrogens with zero attached hydrogens (tertiary/aromatic N) is 8. The molecule has 2 aromatic carbocycles. The zero-order valence-corrected chi connectivity index (χ0v) is 38.1. The van der Waals surface area contributed by atoms with Crippen molar-refractivity contribution in [3.05, 3.63) is 182 Å². The van der Waals surface area contributed by atoms with Crippen LogP contribution in [0.2, 0.25) is 0 Å². The molecule has 4 amide bonds. The monoisotopic (exact) mass is 966 g/mol. The molecule has 2 aliphatic heterocycles. The summed E-state index contributed by atoms with van der Waals surface area (Å²) in [4.78, 5) is 96.8. The number of nitrogens with two attached hydrogens (primary N) is 1. The van der Waals surface area contributed by atoms with Crippen molar-refractivity contribution in [2.24, 2.45) is 11.7 Å². The lowest BCUT2D eigenvalue weighted by molar-refractivity contribution is -0.117. The molecule has 5 N–H and O–H groups in total. The Morgan fingerprint density at radius 1 is 0.625 bits per heavy atom. The van der Waals surface area contributed by atoms with Gasteiger partial charge in [-0.3, -0.25) is 43.1 Å². The van der Waals surface area contributed by atoms with Gasteiger partial charge in [-0.1, -0.05) is 30.3 Å². The molecule has 360 valence electrons. The van der Waals surface area contributed by atoms with E-state index in [1.165, 1.54) is 46.3 Å². The average Bonchev–Trinajstić information content (AvgIpc) is 3.85. The highest BCUT2D eigenvalue weighted by atomic mass is 16.5. The minimum Gasteiger partial charge on any atom is -0.456 e. The van der Waals surface area contributed by atoms with Crippen LogP contribution in [0, 0.1) is 5.92 Å². The fraction of sp³-hybridized carbons (Fsp3) is 0.176. The Balaban J connectivity index is 0.716. The summed E-state index contributed by atoms with van der Waals surface area (Å²) in [6.07, 6.45) is 7.58. The maximum Gasteiger partial charge on any atom is 0.284 e. The number of primary amides is 1. The summed E-state index contributed by atoms with van der Waals surface area (Å²) in [5.41, 5.74) is 7.59. The third-order valence-corrected chi connectivity index (χ3v) is 12.5. The number of nitrogens with one attached hydrogen (secondary N) is 3. The van der Waals surface area contributed by atoms with Crippen molar-refractivity contribution in [3.63, 3.8) is 0 Å². The van der Waals surface area contributed by atoms with Gasteiger partial charge < -0.3 is 35.9 Å². The van der Waals surface area contributed by atoms with E-state index in [-0.39, 0.29) is 58.6 Å². The molecule has 0 bridgehead atoms. The van der Waals surface area contributed by atoms with E-state index in [4.69, 9.17) is 19.9 Å². The normalized spacial score (nSPS) is 15.4. The zero-order valence-electron chi connectivity index (χ0n) is 38.1. The number of benzene rings is 2. The minimum absolute atomic E-state index is 0.0219. The molecule has 2 unspecified atom stereocenters. The Bertz CT molecular complexity index is 3570. The van der Waals surface area contributed by atoms with Crippen molar-refractivity contribution < 1.29 is 33.4 Å². The highest BCUT2D eigenvalue weighted by Gasteiger charge is 2.44. The largest absolute Gasteiger partial charge is 0.456 e. The van der Waals surface area contributed by atoms with Crippen LogP contribution >= 0.6 is 0 Å². The van der Waals surface area contributed by atoms with Crippen LogP contribution in [0.4, 0.5) is 17.5 Å². The van der Waals surface area contributed by atoms with E-state index >= 15 is 0 Å². The summed E-state index contributed by atoms with van der Waals surface area (Å²) in [5.74, 6) is -0.551. The Kier molecular flexibility index (Phi) is 11.7. The first kappa shape index (κ1) is 45.0. The molecule has 1 saturated carbocycles. The van der Waals surface area contributed by atoms with Crippen LogP contribution in [0.5, 0.6) is 23.0 Å². The van der Waals surface area contributed by atoms with Crippen LogP contribution in [0.25, 0.3) is 11.4 Å². The predicted molar refractivity (Wildman–Crippen MR) is 259 cm³/mol. The summed E-state index contributed by atoms with van der Waals surface area (Å²) in [7, 11) is 0. The van der Waals surface area contributed by atoms with Gasteiger partial charge in [0.05, 0.1) is 54.9 Å². The van der Waals surface area contributed by atoms with E-state index in [1.54, 1.807) is 59.3 Å². The fourth-order valence-electron chi connectivity index (χ4n) is 9.07. The summed E-state index contributed by atoms with van der Waals surface area (Å²) in [5, 5.41) is 8.36. The van der Waals surface area contributed by atoms with E-state index in [0.29, 0.717) is 78.3 Å². The molecule has 11 rings (SSSR count). The SMILES string of the molecule is NC(=O)c1cc(Oc2ccc(NC(=O)c3c4n(n(-c5cccc(C6CC6C(=O)Nc6cc(Oc7ccc(NC(=O)c8c9n(n(-c%10ccccc%10)c8=O)CCOC9)nc7)ccn6)c5)c3=O)CCC4)nc2)ccn1. The van der Waals surface area contributed by atoms with Crippen LogP contribution in [0.15, 0.2) is 138 Å². The number of amides is 4. The number of para-hydroxylation sites is 1. The van der Waals surface area contributed by atoms with Crippen molar-refractivity contribution in [2.45, 2.75) is 44.9 Å². The van der Waals surface area contributed by atoms with Gasteiger partial charge in [0.25, 0.3) is 28.8 Å². The molecule has 8 aromatic rings. The molecule has 21 nitrogen and oxygen atoms in total. The Hall–Kier alpha value is -9.50. The van der Waals surface area contributed by atoms with Gasteiger partial charge in [-0.2, -0.15) is 0 Å². The van der Waals surface area contributed by atoms with Gasteiger partial charge in [-0.15, -0.1) is 0 Å². The molecule has 1 aliphatic carbocycles. The fourth-order valence-corrected chi connectivity index (χ4v) is 9.07. The lowest BCUT2D eigenvalue weighted by Crippen LogP contribution is -2.26. The number of ether oxygens (including phenoxy) is 3. The molecule has 3 aliphatic rings. The van der Waals surface area contributed by atoms with Gasteiger partial charge in [-0.05, 0) is 91.4 Å². The van der Waals surface area contributed by atoms with Gasteiger partial charge in [0, 0.05) is 37.0 Å². The van der Waals surface area contributed by atoms with E-state index in [2.05, 4.69) is 35.9 Å². The van der Waals surface area contributed by atoms with Gasteiger partial charge >= 0.3 is 0 Å². The van der Waals surface area contributed by atoms with Crippen molar-refractivity contribution in [2.75, 3.05) is 22.6 Å². The second-order valence-electron chi connectivity index (χ2n) is 17.1. The molecular weight excluding hydrogens is 925 g/mol. The lowest BCUT2D eigenvalue weighted by Gasteiger charge is -2.19. The molecule has 72 heavy (non-hydrogen) atoms. The predicted octanol–water partition coefficient (Wildman–Crippen LogP) is 5.58. The number of carbonyl (C=O) groups is 4. The number of anilines is 3. The Morgan fingerprint density at radius 2 is 1.26 bits per heavy atom. The molecule has 8 heterocycles. The average molecular weight is 967 g/mol. The van der Waals surface area contributed by atoms with Gasteiger partial charge in [0.15, 0.2) is 0 Å². The summed E-state index contributed by atoms with van der Waals surface area (Å²) < 4.78 is 24.0. The third kappa shape index (κ3) is 8.86. The smallest absolute Gasteiger partial charge is 0.284 e. The maximum atomic E-state index is 14.1. The topological polar surface area (TPSA) is 263 Å². The summed E-state index contributed by atoms with van der Waals surface area (Å²) in [6, 6.07) is 29.0. The number of hydrogen-bond acceptors (Lipinski definition) is 13. The quantitative estimate of drug-likeness (QED) is 0.104. The van der Waals surface area contributed by atoms with Crippen LogP contribution in [-0.4, -0.2) is 68.9 Å². The molecule has 6 aromatic heterocycles. The second-order valence-corrected chi connectivity index (χ2v) is 17.1. The number of fused-ring (bicyclic) bond motifs is 2. The third-order valence-electron chi connectivity index (χ3n) is 12.5. The van der Waals surface area contributed by atoms with E-state index in [1.807, 2.05) is 41.1 Å². The standard InChI is InChI=1S/C51H42N12O9/c52-46(64)38-23-32(15-17-53-38)71-34-11-13-41(55-26-34)57-48(66)44-39-10-5-19-60(39)63(50(44)68)31-9-4-6-29(22-31)36-25-37(36)47(65)59-43-24-33(16-18-54-43)72-35-12-14-42(56-27-35)58-49(67)45-40-28-70-21-20-61(40)62(51(45)69)30-7-2-1-3-8-30/h1-4,6-9,11-18,22-24,26-27,36-37H,5,10,19-21,25,28H2,(H2,52,64)(H,54,59,65)(H,55,57,66)(H,56,58,67). The van der Waals surface area contributed by atoms with E-state index in [0.717, 1.165) is 12.0 Å². The zero-order chi connectivity index (χ0) is 49.5. The first-order valence-electron chi connectivity index (χ1n) is 22.9. The molecule has 2 atom stereocenters. The number of hydrogen-bond donors (Lipinski definition) is 4. The van der Waals surface area contributed by atoms with Crippen LogP contribution in [0.1, 0.15) is 66.9 Å². The molecule has 0 saturated heterocycles. The highest BCUT2D eigenvalue weighted by molar-refractivity contribution is 6.05. The van der Waals surface area contributed by atoms with Gasteiger partial charge in [-0.25, -0.2) is 24.3 Å². The van der Waals surface area contributed by atoms with Crippen molar-refractivity contribution in [1.82, 2.24) is 38.7 Å². The van der Waals surface area contributed by atoms with Crippen LogP contribution in [-0.2, 0) is 35.6 Å². The van der Waals surface area contributed by atoms with Crippen LogP contribution in [0.3, 0.4) is 0 Å². The molecule has 0 spiro atoms. The first-order chi connectivity index (χ1) is 35.1.